The highest BCUT2D eigenvalue weighted by atomic mass is 32.2. The number of amidine groups is 1. The summed E-state index contributed by atoms with van der Waals surface area (Å²) in [4.78, 5) is 0.235. The third-order valence-electron chi connectivity index (χ3n) is 2.12. The van der Waals surface area contributed by atoms with E-state index in [2.05, 4.69) is 5.10 Å². The molecule has 0 atom stereocenters. The molecule has 0 aliphatic carbocycles. The fraction of sp³-hybridized carbons (Fsp3) is 0.556. The SMILES string of the molecule is CS(=O)(=O)c1cnn(CCCCC(=N)N)c1. The zero-order valence-electron chi connectivity index (χ0n) is 9.18. The van der Waals surface area contributed by atoms with E-state index in [1.807, 2.05) is 0 Å². The second-order valence-electron chi connectivity index (χ2n) is 3.69. The van der Waals surface area contributed by atoms with E-state index < -0.39 is 9.84 Å². The Labute approximate surface area is 94.9 Å². The van der Waals surface area contributed by atoms with Crippen LogP contribution in [0.4, 0.5) is 0 Å². The number of unbranched alkanes of at least 4 members (excludes halogenated alkanes) is 1. The molecule has 0 aromatic carbocycles. The molecular weight excluding hydrogens is 228 g/mol. The largest absolute Gasteiger partial charge is 0.388 e. The van der Waals surface area contributed by atoms with Gasteiger partial charge in [0.25, 0.3) is 0 Å². The van der Waals surface area contributed by atoms with Crippen LogP contribution < -0.4 is 5.73 Å². The molecule has 1 aromatic rings. The van der Waals surface area contributed by atoms with Gasteiger partial charge in [0.05, 0.1) is 12.0 Å². The van der Waals surface area contributed by atoms with Gasteiger partial charge in [0.2, 0.25) is 0 Å². The first-order valence-corrected chi connectivity index (χ1v) is 6.84. The monoisotopic (exact) mass is 244 g/mol. The predicted molar refractivity (Wildman–Crippen MR) is 61.1 cm³/mol. The first-order valence-electron chi connectivity index (χ1n) is 4.95. The maximum atomic E-state index is 11.2. The molecule has 0 unspecified atom stereocenters. The lowest BCUT2D eigenvalue weighted by atomic mass is 10.2. The van der Waals surface area contributed by atoms with Crippen molar-refractivity contribution >= 4 is 15.7 Å². The molecule has 0 aliphatic rings. The zero-order valence-corrected chi connectivity index (χ0v) is 10.00. The van der Waals surface area contributed by atoms with Crippen molar-refractivity contribution in [3.05, 3.63) is 12.4 Å². The van der Waals surface area contributed by atoms with Crippen LogP contribution in [0, 0.1) is 5.41 Å². The van der Waals surface area contributed by atoms with Gasteiger partial charge in [-0.15, -0.1) is 0 Å². The molecule has 16 heavy (non-hydrogen) atoms. The minimum absolute atomic E-state index is 0.178. The number of nitrogens with two attached hydrogens (primary N) is 1. The highest BCUT2D eigenvalue weighted by molar-refractivity contribution is 7.90. The summed E-state index contributed by atoms with van der Waals surface area (Å²) in [5, 5.41) is 11.0. The molecule has 3 N–H and O–H groups in total. The van der Waals surface area contributed by atoms with Gasteiger partial charge in [-0.2, -0.15) is 5.10 Å². The Hall–Kier alpha value is -1.37. The summed E-state index contributed by atoms with van der Waals surface area (Å²) < 4.78 is 23.9. The van der Waals surface area contributed by atoms with Crippen LogP contribution in [0.25, 0.3) is 0 Å². The molecule has 7 heteroatoms. The average Bonchev–Trinajstić information content (AvgIpc) is 2.59. The minimum Gasteiger partial charge on any atom is -0.388 e. The molecular formula is C9H16N4O2S. The van der Waals surface area contributed by atoms with Crippen LogP contribution in [0.2, 0.25) is 0 Å². The number of rotatable bonds is 6. The van der Waals surface area contributed by atoms with E-state index in [1.165, 1.54) is 12.4 Å². The van der Waals surface area contributed by atoms with Gasteiger partial charge in [-0.1, -0.05) is 0 Å². The van der Waals surface area contributed by atoms with Gasteiger partial charge < -0.3 is 5.73 Å². The van der Waals surface area contributed by atoms with Crippen LogP contribution in [-0.2, 0) is 16.4 Å². The van der Waals surface area contributed by atoms with Crippen molar-refractivity contribution in [3.8, 4) is 0 Å². The normalized spacial score (nSPS) is 11.6. The lowest BCUT2D eigenvalue weighted by Gasteiger charge is -2.00. The van der Waals surface area contributed by atoms with E-state index in [0.29, 0.717) is 13.0 Å². The summed E-state index contributed by atoms with van der Waals surface area (Å²) in [6.07, 6.45) is 6.22. The first-order chi connectivity index (χ1) is 7.39. The molecule has 0 saturated heterocycles. The molecule has 1 rings (SSSR count). The number of hydrogen-bond acceptors (Lipinski definition) is 4. The van der Waals surface area contributed by atoms with E-state index in [-0.39, 0.29) is 10.7 Å². The van der Waals surface area contributed by atoms with E-state index in [1.54, 1.807) is 4.68 Å². The van der Waals surface area contributed by atoms with Gasteiger partial charge in [-0.25, -0.2) is 8.42 Å². The molecule has 6 nitrogen and oxygen atoms in total. The third-order valence-corrected chi connectivity index (χ3v) is 3.19. The van der Waals surface area contributed by atoms with E-state index >= 15 is 0 Å². The van der Waals surface area contributed by atoms with Crippen molar-refractivity contribution in [2.24, 2.45) is 5.73 Å². The quantitative estimate of drug-likeness (QED) is 0.429. The first kappa shape index (κ1) is 12.7. The summed E-state index contributed by atoms with van der Waals surface area (Å²) in [6.45, 7) is 0.642. The predicted octanol–water partition coefficient (Wildman–Crippen LogP) is 0.393. The van der Waals surface area contributed by atoms with Crippen molar-refractivity contribution in [1.29, 1.82) is 5.41 Å². The summed E-state index contributed by atoms with van der Waals surface area (Å²) in [5.41, 5.74) is 5.21. The van der Waals surface area contributed by atoms with E-state index in [9.17, 15) is 8.42 Å². The van der Waals surface area contributed by atoms with Crippen LogP contribution in [0.3, 0.4) is 0 Å². The fourth-order valence-electron chi connectivity index (χ4n) is 1.25. The maximum Gasteiger partial charge on any atom is 0.178 e. The smallest absolute Gasteiger partial charge is 0.178 e. The van der Waals surface area contributed by atoms with Crippen LogP contribution in [0.5, 0.6) is 0 Å². The molecule has 90 valence electrons. The Morgan fingerprint density at radius 2 is 2.25 bits per heavy atom. The Kier molecular flexibility index (Phi) is 4.05. The van der Waals surface area contributed by atoms with Crippen molar-refractivity contribution < 1.29 is 8.42 Å². The van der Waals surface area contributed by atoms with Gasteiger partial charge in [0, 0.05) is 25.4 Å². The molecule has 0 saturated carbocycles. The van der Waals surface area contributed by atoms with Crippen LogP contribution >= 0.6 is 0 Å². The Morgan fingerprint density at radius 1 is 1.56 bits per heavy atom. The van der Waals surface area contributed by atoms with Gasteiger partial charge in [-0.05, 0) is 12.8 Å². The van der Waals surface area contributed by atoms with E-state index in [0.717, 1.165) is 19.1 Å². The number of aryl methyl sites for hydroxylation is 1. The molecule has 0 fully saturated rings. The summed E-state index contributed by atoms with van der Waals surface area (Å²) in [5.74, 6) is 0.178. The summed E-state index contributed by atoms with van der Waals surface area (Å²) in [7, 11) is -3.16. The second-order valence-corrected chi connectivity index (χ2v) is 5.71. The molecule has 0 radical (unpaired) electrons. The van der Waals surface area contributed by atoms with Crippen LogP contribution in [0.1, 0.15) is 19.3 Å². The topological polar surface area (TPSA) is 102 Å². The molecule has 0 spiro atoms. The van der Waals surface area contributed by atoms with Gasteiger partial charge in [-0.3, -0.25) is 10.1 Å². The number of sulfone groups is 1. The highest BCUT2D eigenvalue weighted by Crippen LogP contribution is 2.07. The molecule has 1 heterocycles. The van der Waals surface area contributed by atoms with Crippen molar-refractivity contribution in [1.82, 2.24) is 9.78 Å². The molecule has 0 amide bonds. The second kappa shape index (κ2) is 5.11. The van der Waals surface area contributed by atoms with Gasteiger partial charge in [0.15, 0.2) is 9.84 Å². The maximum absolute atomic E-state index is 11.2. The van der Waals surface area contributed by atoms with Crippen LogP contribution in [0.15, 0.2) is 17.3 Å². The van der Waals surface area contributed by atoms with E-state index in [4.69, 9.17) is 11.1 Å². The van der Waals surface area contributed by atoms with Crippen LogP contribution in [-0.4, -0.2) is 30.3 Å². The lowest BCUT2D eigenvalue weighted by Crippen LogP contribution is -2.09. The lowest BCUT2D eigenvalue weighted by molar-refractivity contribution is 0.562. The number of nitrogens with zero attached hydrogens (tertiary/aromatic N) is 2. The Balaban J connectivity index is 2.44. The minimum atomic E-state index is -3.16. The van der Waals surface area contributed by atoms with Gasteiger partial charge >= 0.3 is 0 Å². The molecule has 1 aromatic heterocycles. The van der Waals surface area contributed by atoms with Crippen molar-refractivity contribution in [3.63, 3.8) is 0 Å². The number of nitrogens with one attached hydrogen (secondary N) is 1. The Bertz CT molecular complexity index is 464. The van der Waals surface area contributed by atoms with Gasteiger partial charge in [0.1, 0.15) is 4.90 Å². The number of hydrogen-bond donors (Lipinski definition) is 2. The molecule has 0 aliphatic heterocycles. The van der Waals surface area contributed by atoms with Crippen molar-refractivity contribution in [2.75, 3.05) is 6.26 Å². The zero-order chi connectivity index (χ0) is 12.2. The average molecular weight is 244 g/mol. The fourth-order valence-corrected chi connectivity index (χ4v) is 1.80. The summed E-state index contributed by atoms with van der Waals surface area (Å²) >= 11 is 0. The standard InChI is InChI=1S/C9H16N4O2S/c1-16(14,15)8-6-12-13(7-8)5-3-2-4-9(10)11/h6-7H,2-5H2,1H3,(H3,10,11). The molecule has 0 bridgehead atoms. The Morgan fingerprint density at radius 3 is 2.75 bits per heavy atom. The number of aromatic nitrogens is 2. The van der Waals surface area contributed by atoms with Crippen molar-refractivity contribution in [2.45, 2.75) is 30.7 Å². The highest BCUT2D eigenvalue weighted by Gasteiger charge is 2.09. The third kappa shape index (κ3) is 4.01. The summed E-state index contributed by atoms with van der Waals surface area (Å²) in [6, 6.07) is 0.